The average Bonchev–Trinajstić information content (AvgIpc) is 2.76. The summed E-state index contributed by atoms with van der Waals surface area (Å²) in [6.45, 7) is 3.67. The number of fused-ring (bicyclic) bond motifs is 1. The van der Waals surface area contributed by atoms with Crippen LogP contribution in [0.5, 0.6) is 0 Å². The summed E-state index contributed by atoms with van der Waals surface area (Å²) in [6.07, 6.45) is 2.20. The van der Waals surface area contributed by atoms with Gasteiger partial charge in [0.1, 0.15) is 4.88 Å². The van der Waals surface area contributed by atoms with E-state index in [4.69, 9.17) is 4.74 Å². The first-order chi connectivity index (χ1) is 10.2. The fraction of sp³-hybridized carbons (Fsp3) is 0.375. The molecule has 0 radical (unpaired) electrons. The van der Waals surface area contributed by atoms with Crippen LogP contribution in [0.1, 0.15) is 32.9 Å². The minimum Gasteiger partial charge on any atom is -0.465 e. The Labute approximate surface area is 128 Å². The molecule has 5 heteroatoms. The van der Waals surface area contributed by atoms with Crippen LogP contribution in [0.2, 0.25) is 0 Å². The molecule has 0 saturated heterocycles. The predicted molar refractivity (Wildman–Crippen MR) is 84.0 cm³/mol. The lowest BCUT2D eigenvalue weighted by molar-refractivity contribution is 0.0605. The standard InChI is InChI=1S/C16H18N2O2S/c1-11-14(15(19)20-2)21-16(17-11)18-9-5-8-12-6-3-4-7-13(12)10-18/h3-4,6-7H,5,8-10H2,1-2H3. The van der Waals surface area contributed by atoms with Gasteiger partial charge >= 0.3 is 5.97 Å². The lowest BCUT2D eigenvalue weighted by Gasteiger charge is -2.19. The number of thiazole rings is 1. The largest absolute Gasteiger partial charge is 0.465 e. The van der Waals surface area contributed by atoms with Gasteiger partial charge in [-0.15, -0.1) is 0 Å². The highest BCUT2D eigenvalue weighted by molar-refractivity contribution is 7.17. The molecule has 0 amide bonds. The van der Waals surface area contributed by atoms with Crippen molar-refractivity contribution in [2.45, 2.75) is 26.3 Å². The van der Waals surface area contributed by atoms with E-state index in [2.05, 4.69) is 34.1 Å². The number of carbonyl (C=O) groups excluding carboxylic acids is 1. The van der Waals surface area contributed by atoms with Gasteiger partial charge in [-0.3, -0.25) is 0 Å². The summed E-state index contributed by atoms with van der Waals surface area (Å²) >= 11 is 1.42. The van der Waals surface area contributed by atoms with E-state index in [1.165, 1.54) is 29.6 Å². The van der Waals surface area contributed by atoms with Crippen molar-refractivity contribution in [3.8, 4) is 0 Å². The van der Waals surface area contributed by atoms with Crippen LogP contribution in [-0.2, 0) is 17.7 Å². The van der Waals surface area contributed by atoms with Crippen LogP contribution in [0, 0.1) is 6.92 Å². The maximum absolute atomic E-state index is 11.7. The molecule has 0 saturated carbocycles. The molecule has 110 valence electrons. The molecule has 4 nitrogen and oxygen atoms in total. The number of aryl methyl sites for hydroxylation is 2. The number of esters is 1. The van der Waals surface area contributed by atoms with Crippen molar-refractivity contribution in [1.82, 2.24) is 4.98 Å². The molecule has 0 fully saturated rings. The molecule has 0 bridgehead atoms. The smallest absolute Gasteiger partial charge is 0.350 e. The number of anilines is 1. The van der Waals surface area contributed by atoms with Gasteiger partial charge in [-0.1, -0.05) is 35.6 Å². The fourth-order valence-corrected chi connectivity index (χ4v) is 3.67. The third-order valence-corrected chi connectivity index (χ3v) is 4.98. The van der Waals surface area contributed by atoms with E-state index >= 15 is 0 Å². The zero-order valence-electron chi connectivity index (χ0n) is 12.3. The molecule has 0 aliphatic carbocycles. The zero-order chi connectivity index (χ0) is 14.8. The third kappa shape index (κ3) is 2.78. The molecule has 2 aromatic rings. The summed E-state index contributed by atoms with van der Waals surface area (Å²) in [6, 6.07) is 8.55. The Bertz CT molecular complexity index is 666. The summed E-state index contributed by atoms with van der Waals surface area (Å²) in [5.41, 5.74) is 3.52. The van der Waals surface area contributed by atoms with Gasteiger partial charge in [0.2, 0.25) is 0 Å². The molecule has 0 atom stereocenters. The SMILES string of the molecule is COC(=O)c1sc(N2CCCc3ccccc3C2)nc1C. The molecular formula is C16H18N2O2S. The zero-order valence-corrected chi connectivity index (χ0v) is 13.1. The Morgan fingerprint density at radius 3 is 2.86 bits per heavy atom. The first-order valence-electron chi connectivity index (χ1n) is 7.06. The van der Waals surface area contributed by atoms with Gasteiger partial charge in [0.15, 0.2) is 5.13 Å². The minimum atomic E-state index is -0.300. The molecule has 21 heavy (non-hydrogen) atoms. The molecular weight excluding hydrogens is 284 g/mol. The van der Waals surface area contributed by atoms with Crippen molar-refractivity contribution in [1.29, 1.82) is 0 Å². The summed E-state index contributed by atoms with van der Waals surface area (Å²) < 4.78 is 4.81. The number of ether oxygens (including phenoxy) is 1. The highest BCUT2D eigenvalue weighted by Gasteiger charge is 2.21. The maximum atomic E-state index is 11.7. The number of benzene rings is 1. The first kappa shape index (κ1) is 14.1. The first-order valence-corrected chi connectivity index (χ1v) is 7.88. The van der Waals surface area contributed by atoms with Crippen molar-refractivity contribution >= 4 is 22.4 Å². The third-order valence-electron chi connectivity index (χ3n) is 3.78. The van der Waals surface area contributed by atoms with Gasteiger partial charge in [-0.2, -0.15) is 0 Å². The Morgan fingerprint density at radius 2 is 2.10 bits per heavy atom. The van der Waals surface area contributed by atoms with E-state index in [9.17, 15) is 4.79 Å². The van der Waals surface area contributed by atoms with Crippen LogP contribution >= 0.6 is 11.3 Å². The van der Waals surface area contributed by atoms with E-state index in [1.807, 2.05) is 6.92 Å². The Hall–Kier alpha value is -1.88. The number of rotatable bonds is 2. The van der Waals surface area contributed by atoms with E-state index in [-0.39, 0.29) is 5.97 Å². The van der Waals surface area contributed by atoms with Crippen LogP contribution < -0.4 is 4.90 Å². The minimum absolute atomic E-state index is 0.300. The summed E-state index contributed by atoms with van der Waals surface area (Å²) in [4.78, 5) is 19.1. The van der Waals surface area contributed by atoms with Gasteiger partial charge < -0.3 is 9.64 Å². The topological polar surface area (TPSA) is 42.4 Å². The Balaban J connectivity index is 1.89. The lowest BCUT2D eigenvalue weighted by Crippen LogP contribution is -2.22. The van der Waals surface area contributed by atoms with Crippen LogP contribution in [-0.4, -0.2) is 24.6 Å². The number of hydrogen-bond acceptors (Lipinski definition) is 5. The average molecular weight is 302 g/mol. The molecule has 3 rings (SSSR count). The summed E-state index contributed by atoms with van der Waals surface area (Å²) in [5, 5.41) is 0.907. The molecule has 1 aliphatic rings. The molecule has 2 heterocycles. The number of carbonyl (C=O) groups is 1. The molecule has 1 aromatic carbocycles. The maximum Gasteiger partial charge on any atom is 0.350 e. The summed E-state index contributed by atoms with van der Waals surface area (Å²) in [5.74, 6) is -0.300. The van der Waals surface area contributed by atoms with Gasteiger partial charge in [-0.25, -0.2) is 9.78 Å². The molecule has 0 unspecified atom stereocenters. The number of hydrogen-bond donors (Lipinski definition) is 0. The fourth-order valence-electron chi connectivity index (χ4n) is 2.66. The van der Waals surface area contributed by atoms with Gasteiger partial charge in [0, 0.05) is 13.1 Å². The van der Waals surface area contributed by atoms with E-state index in [1.54, 1.807) is 0 Å². The quantitative estimate of drug-likeness (QED) is 0.799. The molecule has 0 spiro atoms. The number of methoxy groups -OCH3 is 1. The van der Waals surface area contributed by atoms with Crippen LogP contribution in [0.25, 0.3) is 0 Å². The molecule has 1 aromatic heterocycles. The second kappa shape index (κ2) is 5.85. The predicted octanol–water partition coefficient (Wildman–Crippen LogP) is 3.19. The van der Waals surface area contributed by atoms with Gasteiger partial charge in [0.25, 0.3) is 0 Å². The van der Waals surface area contributed by atoms with E-state index in [0.717, 1.165) is 36.8 Å². The highest BCUT2D eigenvalue weighted by Crippen LogP contribution is 2.30. The Morgan fingerprint density at radius 1 is 1.33 bits per heavy atom. The highest BCUT2D eigenvalue weighted by atomic mass is 32.1. The second-order valence-electron chi connectivity index (χ2n) is 5.20. The molecule has 0 N–H and O–H groups in total. The molecule has 1 aliphatic heterocycles. The van der Waals surface area contributed by atoms with Crippen molar-refractivity contribution in [2.75, 3.05) is 18.6 Å². The summed E-state index contributed by atoms with van der Waals surface area (Å²) in [7, 11) is 1.41. The van der Waals surface area contributed by atoms with Gasteiger partial charge in [-0.05, 0) is 30.9 Å². The van der Waals surface area contributed by atoms with Crippen molar-refractivity contribution in [2.24, 2.45) is 0 Å². The van der Waals surface area contributed by atoms with Gasteiger partial charge in [0.05, 0.1) is 12.8 Å². The Kier molecular flexibility index (Phi) is 3.92. The van der Waals surface area contributed by atoms with Crippen molar-refractivity contribution in [3.05, 3.63) is 46.0 Å². The van der Waals surface area contributed by atoms with E-state index in [0.29, 0.717) is 4.88 Å². The monoisotopic (exact) mass is 302 g/mol. The second-order valence-corrected chi connectivity index (χ2v) is 6.17. The van der Waals surface area contributed by atoms with Crippen LogP contribution in [0.3, 0.4) is 0 Å². The lowest BCUT2D eigenvalue weighted by atomic mass is 10.0. The normalized spacial score (nSPS) is 14.5. The van der Waals surface area contributed by atoms with Crippen LogP contribution in [0.4, 0.5) is 5.13 Å². The number of aromatic nitrogens is 1. The van der Waals surface area contributed by atoms with E-state index < -0.39 is 0 Å². The number of nitrogens with zero attached hydrogens (tertiary/aromatic N) is 2. The van der Waals surface area contributed by atoms with Crippen LogP contribution in [0.15, 0.2) is 24.3 Å². The van der Waals surface area contributed by atoms with Crippen molar-refractivity contribution < 1.29 is 9.53 Å². The van der Waals surface area contributed by atoms with Crippen molar-refractivity contribution in [3.63, 3.8) is 0 Å².